The maximum absolute atomic E-state index is 13.5. The van der Waals surface area contributed by atoms with Crippen LogP contribution in [0, 0.1) is 11.7 Å². The lowest BCUT2D eigenvalue weighted by Gasteiger charge is -2.31. The molecule has 0 spiro atoms. The molecule has 1 amide bonds. The maximum atomic E-state index is 13.5. The Labute approximate surface area is 115 Å². The van der Waals surface area contributed by atoms with Gasteiger partial charge in [-0.2, -0.15) is 0 Å². The van der Waals surface area contributed by atoms with Crippen LogP contribution in [0.1, 0.15) is 18.4 Å². The highest BCUT2D eigenvalue weighted by atomic mass is 79.9. The Balaban J connectivity index is 1.91. The van der Waals surface area contributed by atoms with Crippen LogP contribution in [0.4, 0.5) is 4.39 Å². The van der Waals surface area contributed by atoms with Crippen molar-refractivity contribution in [2.24, 2.45) is 5.92 Å². The molecule has 0 unspecified atom stereocenters. The van der Waals surface area contributed by atoms with Gasteiger partial charge in [0.05, 0.1) is 6.42 Å². The number of benzene rings is 1. The molecule has 0 aromatic heterocycles. The molecule has 0 atom stereocenters. The number of carbonyl (C=O) groups excluding carboxylic acids is 1. The molecule has 0 radical (unpaired) electrons. The Kier molecular flexibility index (Phi) is 4.75. The highest BCUT2D eigenvalue weighted by Gasteiger charge is 2.22. The van der Waals surface area contributed by atoms with E-state index in [2.05, 4.69) is 15.9 Å². The fraction of sp³-hybridized carbons (Fsp3) is 0.500. The van der Waals surface area contributed by atoms with Gasteiger partial charge < -0.3 is 4.90 Å². The Hall–Kier alpha value is -0.900. The average Bonchev–Trinajstić information content (AvgIpc) is 2.41. The summed E-state index contributed by atoms with van der Waals surface area (Å²) >= 11 is 3.48. The standard InChI is InChI=1S/C14H17BrFNO/c15-10-11-5-7-17(8-6-11)14(18)9-12-3-1-2-4-13(12)16/h1-4,11H,5-10H2. The summed E-state index contributed by atoms with van der Waals surface area (Å²) < 4.78 is 13.5. The first kappa shape index (κ1) is 13.5. The number of hydrogen-bond acceptors (Lipinski definition) is 1. The Morgan fingerprint density at radius 3 is 2.61 bits per heavy atom. The minimum atomic E-state index is -0.291. The first-order chi connectivity index (χ1) is 8.70. The lowest BCUT2D eigenvalue weighted by atomic mass is 9.98. The normalized spacial score (nSPS) is 16.9. The molecule has 1 aromatic carbocycles. The summed E-state index contributed by atoms with van der Waals surface area (Å²) in [5, 5.41) is 1.00. The summed E-state index contributed by atoms with van der Waals surface area (Å²) in [5.41, 5.74) is 0.491. The summed E-state index contributed by atoms with van der Waals surface area (Å²) in [6, 6.07) is 6.49. The van der Waals surface area contributed by atoms with E-state index < -0.39 is 0 Å². The molecule has 1 fully saturated rings. The summed E-state index contributed by atoms with van der Waals surface area (Å²) in [4.78, 5) is 13.9. The van der Waals surface area contributed by atoms with Crippen LogP contribution in [0.3, 0.4) is 0 Å². The predicted octanol–water partition coefficient (Wildman–Crippen LogP) is 3.00. The van der Waals surface area contributed by atoms with Gasteiger partial charge in [-0.25, -0.2) is 4.39 Å². The quantitative estimate of drug-likeness (QED) is 0.786. The van der Waals surface area contributed by atoms with E-state index in [1.807, 2.05) is 4.90 Å². The molecule has 2 rings (SSSR count). The number of carbonyl (C=O) groups is 1. The third-order valence-electron chi connectivity index (χ3n) is 3.48. The minimum Gasteiger partial charge on any atom is -0.342 e. The van der Waals surface area contributed by atoms with E-state index in [1.165, 1.54) is 6.07 Å². The molecule has 1 aliphatic heterocycles. The second-order valence-electron chi connectivity index (χ2n) is 4.75. The fourth-order valence-corrected chi connectivity index (χ4v) is 2.90. The number of rotatable bonds is 3. The van der Waals surface area contributed by atoms with Crippen molar-refractivity contribution in [1.29, 1.82) is 0 Å². The lowest BCUT2D eigenvalue weighted by molar-refractivity contribution is -0.131. The number of alkyl halides is 1. The van der Waals surface area contributed by atoms with Gasteiger partial charge >= 0.3 is 0 Å². The summed E-state index contributed by atoms with van der Waals surface area (Å²) in [7, 11) is 0. The number of nitrogens with zero attached hydrogens (tertiary/aromatic N) is 1. The Morgan fingerprint density at radius 1 is 1.33 bits per heavy atom. The molecule has 4 heteroatoms. The Morgan fingerprint density at radius 2 is 2.00 bits per heavy atom. The smallest absolute Gasteiger partial charge is 0.227 e. The van der Waals surface area contributed by atoms with Crippen LogP contribution in [0.5, 0.6) is 0 Å². The van der Waals surface area contributed by atoms with Crippen molar-refractivity contribution in [3.05, 3.63) is 35.6 Å². The van der Waals surface area contributed by atoms with Crippen LogP contribution in [-0.2, 0) is 11.2 Å². The van der Waals surface area contributed by atoms with Crippen LogP contribution < -0.4 is 0 Å². The molecule has 1 aromatic rings. The molecule has 0 N–H and O–H groups in total. The lowest BCUT2D eigenvalue weighted by Crippen LogP contribution is -2.39. The zero-order valence-electron chi connectivity index (χ0n) is 10.2. The van der Waals surface area contributed by atoms with E-state index in [1.54, 1.807) is 18.2 Å². The van der Waals surface area contributed by atoms with E-state index in [0.717, 1.165) is 31.3 Å². The monoisotopic (exact) mass is 313 g/mol. The summed E-state index contributed by atoms with van der Waals surface area (Å²) in [5.74, 6) is 0.414. The fourth-order valence-electron chi connectivity index (χ4n) is 2.25. The van der Waals surface area contributed by atoms with E-state index >= 15 is 0 Å². The molecule has 0 bridgehead atoms. The van der Waals surface area contributed by atoms with E-state index in [0.29, 0.717) is 11.5 Å². The largest absolute Gasteiger partial charge is 0.342 e. The number of halogens is 2. The van der Waals surface area contributed by atoms with Crippen LogP contribution in [0.25, 0.3) is 0 Å². The first-order valence-corrected chi connectivity index (χ1v) is 7.40. The number of likely N-dealkylation sites (tertiary alicyclic amines) is 1. The van der Waals surface area contributed by atoms with Crippen molar-refractivity contribution in [1.82, 2.24) is 4.90 Å². The molecule has 1 saturated heterocycles. The minimum absolute atomic E-state index is 0.0353. The van der Waals surface area contributed by atoms with Gasteiger partial charge in [0, 0.05) is 18.4 Å². The van der Waals surface area contributed by atoms with Gasteiger partial charge in [0.15, 0.2) is 0 Å². The van der Waals surface area contributed by atoms with Crippen molar-refractivity contribution in [3.8, 4) is 0 Å². The number of piperidine rings is 1. The van der Waals surface area contributed by atoms with Crippen LogP contribution in [0.2, 0.25) is 0 Å². The SMILES string of the molecule is O=C(Cc1ccccc1F)N1CCC(CBr)CC1. The van der Waals surface area contributed by atoms with Crippen molar-refractivity contribution >= 4 is 21.8 Å². The van der Waals surface area contributed by atoms with Crippen molar-refractivity contribution < 1.29 is 9.18 Å². The zero-order chi connectivity index (χ0) is 13.0. The molecule has 0 aliphatic carbocycles. The molecule has 1 aliphatic rings. The molecule has 18 heavy (non-hydrogen) atoms. The number of amides is 1. The third kappa shape index (κ3) is 3.31. The topological polar surface area (TPSA) is 20.3 Å². The van der Waals surface area contributed by atoms with Crippen molar-refractivity contribution in [3.63, 3.8) is 0 Å². The van der Waals surface area contributed by atoms with Gasteiger partial charge in [0.2, 0.25) is 5.91 Å². The van der Waals surface area contributed by atoms with Gasteiger partial charge in [-0.15, -0.1) is 0 Å². The second kappa shape index (κ2) is 6.32. The molecule has 1 heterocycles. The van der Waals surface area contributed by atoms with E-state index in [9.17, 15) is 9.18 Å². The van der Waals surface area contributed by atoms with Crippen LogP contribution in [-0.4, -0.2) is 29.2 Å². The summed E-state index contributed by atoms with van der Waals surface area (Å²) in [6.45, 7) is 1.59. The van der Waals surface area contributed by atoms with Gasteiger partial charge in [-0.3, -0.25) is 4.79 Å². The van der Waals surface area contributed by atoms with Gasteiger partial charge in [-0.1, -0.05) is 34.1 Å². The first-order valence-electron chi connectivity index (χ1n) is 6.28. The van der Waals surface area contributed by atoms with Crippen molar-refractivity contribution in [2.45, 2.75) is 19.3 Å². The second-order valence-corrected chi connectivity index (χ2v) is 5.39. The third-order valence-corrected chi connectivity index (χ3v) is 4.40. The predicted molar refractivity (Wildman–Crippen MR) is 73.2 cm³/mol. The van der Waals surface area contributed by atoms with Gasteiger partial charge in [-0.05, 0) is 30.4 Å². The van der Waals surface area contributed by atoms with Crippen LogP contribution >= 0.6 is 15.9 Å². The van der Waals surface area contributed by atoms with Crippen molar-refractivity contribution in [2.75, 3.05) is 18.4 Å². The molecular weight excluding hydrogens is 297 g/mol. The molecule has 0 saturated carbocycles. The van der Waals surface area contributed by atoms with Gasteiger partial charge in [0.25, 0.3) is 0 Å². The highest BCUT2D eigenvalue weighted by molar-refractivity contribution is 9.09. The van der Waals surface area contributed by atoms with Crippen LogP contribution in [0.15, 0.2) is 24.3 Å². The summed E-state index contributed by atoms with van der Waals surface area (Å²) in [6.07, 6.45) is 2.24. The highest BCUT2D eigenvalue weighted by Crippen LogP contribution is 2.20. The molecule has 98 valence electrons. The van der Waals surface area contributed by atoms with E-state index in [4.69, 9.17) is 0 Å². The van der Waals surface area contributed by atoms with E-state index in [-0.39, 0.29) is 18.1 Å². The maximum Gasteiger partial charge on any atom is 0.227 e. The number of hydrogen-bond donors (Lipinski definition) is 0. The average molecular weight is 314 g/mol. The Bertz CT molecular complexity index is 416. The zero-order valence-corrected chi connectivity index (χ0v) is 11.8. The van der Waals surface area contributed by atoms with Gasteiger partial charge in [0.1, 0.15) is 5.82 Å². The molecule has 2 nitrogen and oxygen atoms in total. The molecular formula is C14H17BrFNO.